The molecular formula is C12H13NaO3. The van der Waals surface area contributed by atoms with E-state index in [1.165, 1.54) is 0 Å². The van der Waals surface area contributed by atoms with Crippen LogP contribution in [0.25, 0.3) is 0 Å². The zero-order valence-electron chi connectivity index (χ0n) is 9.60. The Kier molecular flexibility index (Phi) is 7.30. The van der Waals surface area contributed by atoms with Crippen molar-refractivity contribution in [3.63, 3.8) is 0 Å². The molecule has 0 aliphatic rings. The van der Waals surface area contributed by atoms with Crippen molar-refractivity contribution in [1.29, 1.82) is 0 Å². The van der Waals surface area contributed by atoms with E-state index in [9.17, 15) is 14.7 Å². The van der Waals surface area contributed by atoms with E-state index in [1.807, 2.05) is 6.07 Å². The van der Waals surface area contributed by atoms with Gasteiger partial charge in [0.2, 0.25) is 0 Å². The molecular weight excluding hydrogens is 215 g/mol. The molecule has 0 saturated heterocycles. The summed E-state index contributed by atoms with van der Waals surface area (Å²) in [6.45, 7) is 1.73. The molecule has 1 aromatic rings. The Balaban J connectivity index is 0.00000225. The Labute approximate surface area is 117 Å². The van der Waals surface area contributed by atoms with E-state index in [2.05, 4.69) is 0 Å². The number of rotatable bonds is 5. The van der Waals surface area contributed by atoms with Crippen LogP contribution in [-0.4, -0.2) is 11.8 Å². The molecule has 1 aromatic carbocycles. The SMILES string of the molecule is CCC(CC(=O)c1ccccc1)C(=O)[O-].[Na+]. The predicted molar refractivity (Wildman–Crippen MR) is 54.2 cm³/mol. The largest absolute Gasteiger partial charge is 1.00 e. The summed E-state index contributed by atoms with van der Waals surface area (Å²) in [6.07, 6.45) is 0.434. The number of aliphatic carboxylic acids is 1. The van der Waals surface area contributed by atoms with Crippen LogP contribution < -0.4 is 34.7 Å². The number of hydrogen-bond acceptors (Lipinski definition) is 3. The fraction of sp³-hybridized carbons (Fsp3) is 0.333. The molecule has 0 spiro atoms. The molecule has 1 rings (SSSR count). The monoisotopic (exact) mass is 228 g/mol. The molecule has 0 aliphatic heterocycles. The first-order valence-electron chi connectivity index (χ1n) is 4.94. The van der Waals surface area contributed by atoms with Gasteiger partial charge in [0.25, 0.3) is 0 Å². The number of ketones is 1. The summed E-state index contributed by atoms with van der Waals surface area (Å²) < 4.78 is 0. The Bertz CT molecular complexity index is 349. The smallest absolute Gasteiger partial charge is 0.550 e. The van der Waals surface area contributed by atoms with Crippen molar-refractivity contribution < 1.29 is 44.3 Å². The predicted octanol–water partition coefficient (Wildman–Crippen LogP) is -1.96. The van der Waals surface area contributed by atoms with Gasteiger partial charge in [-0.3, -0.25) is 4.79 Å². The average molecular weight is 228 g/mol. The Morgan fingerprint density at radius 1 is 1.25 bits per heavy atom. The first-order valence-corrected chi connectivity index (χ1v) is 4.94. The fourth-order valence-corrected chi connectivity index (χ4v) is 1.36. The van der Waals surface area contributed by atoms with Crippen LogP contribution in [-0.2, 0) is 4.79 Å². The fourth-order valence-electron chi connectivity index (χ4n) is 1.36. The second kappa shape index (κ2) is 7.60. The number of hydrogen-bond donors (Lipinski definition) is 0. The van der Waals surface area contributed by atoms with Crippen LogP contribution in [0.4, 0.5) is 0 Å². The second-order valence-corrected chi connectivity index (χ2v) is 3.42. The third-order valence-electron chi connectivity index (χ3n) is 2.35. The van der Waals surface area contributed by atoms with E-state index in [0.29, 0.717) is 12.0 Å². The van der Waals surface area contributed by atoms with Crippen molar-refractivity contribution in [2.45, 2.75) is 19.8 Å². The second-order valence-electron chi connectivity index (χ2n) is 3.42. The van der Waals surface area contributed by atoms with E-state index in [0.717, 1.165) is 0 Å². The number of carboxylic acid groups (broad SMARTS) is 1. The van der Waals surface area contributed by atoms with Gasteiger partial charge in [0.1, 0.15) is 0 Å². The molecule has 0 aromatic heterocycles. The Hall–Kier alpha value is -0.640. The van der Waals surface area contributed by atoms with E-state index in [1.54, 1.807) is 31.2 Å². The molecule has 0 N–H and O–H groups in total. The first-order chi connectivity index (χ1) is 7.15. The molecule has 16 heavy (non-hydrogen) atoms. The summed E-state index contributed by atoms with van der Waals surface area (Å²) in [4.78, 5) is 22.3. The van der Waals surface area contributed by atoms with Gasteiger partial charge >= 0.3 is 29.6 Å². The molecule has 0 fully saturated rings. The van der Waals surface area contributed by atoms with Gasteiger partial charge in [0, 0.05) is 23.9 Å². The Morgan fingerprint density at radius 2 is 1.81 bits per heavy atom. The summed E-state index contributed by atoms with van der Waals surface area (Å²) >= 11 is 0. The normalized spacial score (nSPS) is 11.3. The van der Waals surface area contributed by atoms with Crippen LogP contribution in [0.1, 0.15) is 30.1 Å². The van der Waals surface area contributed by atoms with Crippen LogP contribution in [0.3, 0.4) is 0 Å². The molecule has 3 nitrogen and oxygen atoms in total. The summed E-state index contributed by atoms with van der Waals surface area (Å²) in [7, 11) is 0. The molecule has 0 bridgehead atoms. The van der Waals surface area contributed by atoms with Gasteiger partial charge in [-0.05, 0) is 6.42 Å². The van der Waals surface area contributed by atoms with E-state index in [4.69, 9.17) is 0 Å². The average Bonchev–Trinajstić information content (AvgIpc) is 2.26. The Morgan fingerprint density at radius 3 is 2.25 bits per heavy atom. The van der Waals surface area contributed by atoms with Gasteiger partial charge in [-0.1, -0.05) is 37.3 Å². The summed E-state index contributed by atoms with van der Waals surface area (Å²) in [5.74, 6) is -1.98. The van der Waals surface area contributed by atoms with Crippen molar-refractivity contribution >= 4 is 11.8 Å². The molecule has 0 aliphatic carbocycles. The van der Waals surface area contributed by atoms with E-state index in [-0.39, 0.29) is 41.8 Å². The van der Waals surface area contributed by atoms with Crippen LogP contribution in [0.15, 0.2) is 30.3 Å². The minimum absolute atomic E-state index is 0. The maximum atomic E-state index is 11.6. The number of carbonyl (C=O) groups excluding carboxylic acids is 2. The maximum Gasteiger partial charge on any atom is 1.00 e. The van der Waals surface area contributed by atoms with Gasteiger partial charge < -0.3 is 9.90 Å². The van der Waals surface area contributed by atoms with Crippen LogP contribution in [0, 0.1) is 5.92 Å². The zero-order valence-corrected chi connectivity index (χ0v) is 11.6. The number of carbonyl (C=O) groups is 2. The summed E-state index contributed by atoms with van der Waals surface area (Å²) in [5, 5.41) is 10.6. The van der Waals surface area contributed by atoms with E-state index < -0.39 is 11.9 Å². The van der Waals surface area contributed by atoms with Crippen molar-refractivity contribution in [2.24, 2.45) is 5.92 Å². The molecule has 1 atom stereocenters. The topological polar surface area (TPSA) is 57.2 Å². The van der Waals surface area contributed by atoms with Crippen LogP contribution in [0.5, 0.6) is 0 Å². The minimum atomic E-state index is -1.15. The third kappa shape index (κ3) is 4.47. The molecule has 0 saturated carbocycles. The number of benzene rings is 1. The first kappa shape index (κ1) is 15.4. The summed E-state index contributed by atoms with van der Waals surface area (Å²) in [6, 6.07) is 8.70. The molecule has 1 unspecified atom stereocenters. The van der Waals surface area contributed by atoms with Crippen molar-refractivity contribution in [3.05, 3.63) is 35.9 Å². The van der Waals surface area contributed by atoms with Gasteiger partial charge in [0.15, 0.2) is 5.78 Å². The van der Waals surface area contributed by atoms with Crippen molar-refractivity contribution in [3.8, 4) is 0 Å². The van der Waals surface area contributed by atoms with Crippen LogP contribution in [0.2, 0.25) is 0 Å². The standard InChI is InChI=1S/C12H14O3.Na/c1-2-9(12(14)15)8-11(13)10-6-4-3-5-7-10;/h3-7,9H,2,8H2,1H3,(H,14,15);/q;+1/p-1. The van der Waals surface area contributed by atoms with Gasteiger partial charge in [-0.15, -0.1) is 0 Å². The molecule has 0 amide bonds. The quantitative estimate of drug-likeness (QED) is 0.434. The van der Waals surface area contributed by atoms with Gasteiger partial charge in [-0.2, -0.15) is 0 Å². The van der Waals surface area contributed by atoms with Gasteiger partial charge in [0.05, 0.1) is 0 Å². The van der Waals surface area contributed by atoms with Gasteiger partial charge in [-0.25, -0.2) is 0 Å². The molecule has 0 radical (unpaired) electrons. The van der Waals surface area contributed by atoms with Crippen LogP contribution >= 0.6 is 0 Å². The van der Waals surface area contributed by atoms with E-state index >= 15 is 0 Å². The molecule has 4 heteroatoms. The number of carboxylic acids is 1. The molecule has 80 valence electrons. The van der Waals surface area contributed by atoms with Crippen molar-refractivity contribution in [2.75, 3.05) is 0 Å². The zero-order chi connectivity index (χ0) is 11.3. The molecule has 0 heterocycles. The summed E-state index contributed by atoms with van der Waals surface area (Å²) in [5.41, 5.74) is 0.553. The number of Topliss-reactive ketones (excluding diaryl/α,β-unsaturated/α-hetero) is 1. The maximum absolute atomic E-state index is 11.6. The minimum Gasteiger partial charge on any atom is -0.550 e. The van der Waals surface area contributed by atoms with Crippen molar-refractivity contribution in [1.82, 2.24) is 0 Å². The third-order valence-corrected chi connectivity index (χ3v) is 2.35.